The molecule has 0 aliphatic heterocycles. The van der Waals surface area contributed by atoms with Crippen LogP contribution in [0.25, 0.3) is 0 Å². The highest BCUT2D eigenvalue weighted by Crippen LogP contribution is 2.45. The van der Waals surface area contributed by atoms with Crippen molar-refractivity contribution in [3.05, 3.63) is 207 Å². The Labute approximate surface area is 652 Å². The molecule has 17 nitrogen and oxygen atoms in total. The van der Waals surface area contributed by atoms with Crippen molar-refractivity contribution in [1.29, 1.82) is 0 Å². The number of ether oxygens (including phenoxy) is 4. The van der Waals surface area contributed by atoms with Gasteiger partial charge in [0.2, 0.25) is 0 Å². The lowest BCUT2D eigenvalue weighted by atomic mass is 10.1. The molecule has 0 radical (unpaired) electrons. The van der Waals surface area contributed by atoms with E-state index in [0.717, 1.165) is 180 Å². The first-order valence-corrected chi connectivity index (χ1v) is 43.3. The molecule has 0 aliphatic rings. The highest BCUT2D eigenvalue weighted by atomic mass is 31.2. The fraction of sp³-hybridized carbons (Fsp3) is 0.573. The number of rotatable bonds is 73. The van der Waals surface area contributed by atoms with Crippen molar-refractivity contribution in [3.63, 3.8) is 0 Å². The summed E-state index contributed by atoms with van der Waals surface area (Å²) >= 11 is 0. The zero-order valence-corrected chi connectivity index (χ0v) is 68.2. The lowest BCUT2D eigenvalue weighted by Crippen LogP contribution is -2.30. The number of aliphatic hydroxyl groups is 1. The molecule has 0 aromatic rings. The summed E-state index contributed by atoms with van der Waals surface area (Å²) < 4.78 is 68.5. The van der Waals surface area contributed by atoms with Crippen LogP contribution in [0.5, 0.6) is 0 Å². The Balaban J connectivity index is 5.52. The molecule has 0 saturated carbocycles. The summed E-state index contributed by atoms with van der Waals surface area (Å²) in [5.41, 5.74) is 0. The van der Waals surface area contributed by atoms with Gasteiger partial charge in [-0.15, -0.1) is 0 Å². The number of phosphoric acid groups is 2. The fourth-order valence-electron chi connectivity index (χ4n) is 9.76. The number of aliphatic hydroxyl groups excluding tert-OH is 1. The van der Waals surface area contributed by atoms with Crippen molar-refractivity contribution < 1.29 is 80.2 Å². The van der Waals surface area contributed by atoms with Gasteiger partial charge in [0, 0.05) is 25.7 Å². The topological polar surface area (TPSA) is 237 Å². The second kappa shape index (κ2) is 78.8. The van der Waals surface area contributed by atoms with E-state index in [1.165, 1.54) is 0 Å². The Kier molecular flexibility index (Phi) is 74.1. The molecule has 3 N–H and O–H groups in total. The van der Waals surface area contributed by atoms with Crippen LogP contribution in [0, 0.1) is 0 Å². The van der Waals surface area contributed by atoms with Crippen molar-refractivity contribution in [3.8, 4) is 0 Å². The molecule has 19 heteroatoms. The minimum atomic E-state index is -5.02. The Bertz CT molecular complexity index is 2860. The van der Waals surface area contributed by atoms with Gasteiger partial charge in [-0.05, 0) is 180 Å². The van der Waals surface area contributed by atoms with Gasteiger partial charge in [-0.1, -0.05) is 273 Å². The number of hydrogen-bond donors (Lipinski definition) is 3. The Hall–Kier alpha value is -6.36. The monoisotopic (exact) mass is 1540 g/mol. The first-order valence-electron chi connectivity index (χ1n) is 40.3. The molecular formula is C89H140O17P2. The first-order chi connectivity index (χ1) is 52.7. The predicted molar refractivity (Wildman–Crippen MR) is 445 cm³/mol. The number of esters is 4. The van der Waals surface area contributed by atoms with Gasteiger partial charge < -0.3 is 33.8 Å². The Morgan fingerprint density at radius 1 is 0.259 bits per heavy atom. The maximum absolute atomic E-state index is 13.1. The largest absolute Gasteiger partial charge is 0.472 e. The van der Waals surface area contributed by atoms with E-state index in [1.807, 2.05) is 12.2 Å². The molecule has 0 aromatic heterocycles. The summed E-state index contributed by atoms with van der Waals surface area (Å²) in [6, 6.07) is 0. The van der Waals surface area contributed by atoms with Crippen molar-refractivity contribution in [2.24, 2.45) is 0 Å². The van der Waals surface area contributed by atoms with Crippen molar-refractivity contribution in [2.75, 3.05) is 39.6 Å². The molecule has 0 rings (SSSR count). The molecule has 0 fully saturated rings. The molecule has 0 heterocycles. The van der Waals surface area contributed by atoms with Gasteiger partial charge in [-0.2, -0.15) is 0 Å². The third kappa shape index (κ3) is 77.8. The van der Waals surface area contributed by atoms with Gasteiger partial charge in [-0.25, -0.2) is 9.13 Å². The van der Waals surface area contributed by atoms with Crippen molar-refractivity contribution in [2.45, 2.75) is 290 Å². The fourth-order valence-corrected chi connectivity index (χ4v) is 11.3. The van der Waals surface area contributed by atoms with E-state index in [-0.39, 0.29) is 25.7 Å². The summed E-state index contributed by atoms with van der Waals surface area (Å²) in [6.07, 6.45) is 98.1. The number of unbranched alkanes of at least 4 members (excludes halogenated alkanes) is 13. The molecule has 5 unspecified atom stereocenters. The van der Waals surface area contributed by atoms with Crippen molar-refractivity contribution in [1.82, 2.24) is 0 Å². The zero-order valence-electron chi connectivity index (χ0n) is 66.4. The molecule has 0 amide bonds. The second-order valence-corrected chi connectivity index (χ2v) is 28.7. The number of carbonyl (C=O) groups excluding carboxylic acids is 4. The van der Waals surface area contributed by atoms with Crippen LogP contribution in [0.2, 0.25) is 0 Å². The minimum Gasteiger partial charge on any atom is -0.462 e. The number of hydrogen-bond acceptors (Lipinski definition) is 15. The van der Waals surface area contributed by atoms with Crippen LogP contribution in [-0.2, 0) is 65.4 Å². The summed E-state index contributed by atoms with van der Waals surface area (Å²) in [7, 11) is -10.0. The Morgan fingerprint density at radius 3 is 0.750 bits per heavy atom. The smallest absolute Gasteiger partial charge is 0.462 e. The third-order valence-corrected chi connectivity index (χ3v) is 17.6. The molecule has 0 aromatic carbocycles. The Morgan fingerprint density at radius 2 is 0.463 bits per heavy atom. The molecule has 0 saturated heterocycles. The standard InChI is InChI=1S/C89H140O17P2/c1-5-9-13-17-21-25-29-33-37-40-41-44-47-50-54-58-62-66-70-74-87(92)100-80-85(106-89(94)76-72-68-64-60-56-52-48-43-39-35-31-27-23-19-15-11-7-3)82-104-108(97,98)102-78-83(90)77-101-107(95,96)103-81-84(105-88(93)75-71-67-63-59-55-51-45-36-32-28-24-20-16-12-8-4)79-99-86(91)73-69-65-61-57-53-49-46-42-38-34-30-26-22-18-14-10-6-2/h9-16,21-28,33-39,41,44-46,48-49,52,55,59-60,64,83-85,90H,5-8,17-20,29-32,40,42-43,47,50-51,53-54,56-58,61-63,65-82H2,1-4H3,(H,95,96)(H,97,98)/b13-9-,14-10-,15-11-,16-12-,25-21-,26-22-,27-23-,28-24-,37-33-,38-34-,39-35-,44-41-,45-36-,49-46-,52-48-,59-55-,64-60-. The van der Waals surface area contributed by atoms with E-state index in [4.69, 9.17) is 37.0 Å². The van der Waals surface area contributed by atoms with Crippen molar-refractivity contribution >= 4 is 39.5 Å². The van der Waals surface area contributed by atoms with Crippen LogP contribution in [-0.4, -0.2) is 96.7 Å². The number of carbonyl (C=O) groups is 4. The molecular weight excluding hydrogens is 1400 g/mol. The average Bonchev–Trinajstić information content (AvgIpc) is 0.900. The van der Waals surface area contributed by atoms with E-state index < -0.39 is 97.5 Å². The molecule has 0 aliphatic carbocycles. The summed E-state index contributed by atoms with van der Waals surface area (Å²) in [5.74, 6) is -2.36. The predicted octanol–water partition coefficient (Wildman–Crippen LogP) is 23.9. The van der Waals surface area contributed by atoms with Gasteiger partial charge in [0.1, 0.15) is 19.3 Å². The highest BCUT2D eigenvalue weighted by molar-refractivity contribution is 7.47. The molecule has 608 valence electrons. The van der Waals surface area contributed by atoms with E-state index in [9.17, 15) is 43.2 Å². The van der Waals surface area contributed by atoms with Crippen LogP contribution in [0.3, 0.4) is 0 Å². The molecule has 0 spiro atoms. The lowest BCUT2D eigenvalue weighted by molar-refractivity contribution is -0.161. The summed E-state index contributed by atoms with van der Waals surface area (Å²) in [5, 5.41) is 10.7. The van der Waals surface area contributed by atoms with Gasteiger partial charge in [0.25, 0.3) is 0 Å². The SMILES string of the molecule is CC/C=C\C/C=C\C/C=C\C/C=C\C/C=C\CCCC(=O)OC(COC(=O)CCCCCCCC/C=C\C/C=C\C/C=C\C/C=C\CC)COP(=O)(O)OCC(O)COP(=O)(O)OCC(COC(=O)CCCCCC/C=C\C/C=C\C/C=C\C/C=C\CC)OC(=O)CCCC/C=C\C/C=C\C/C=C\C/C=C\CC. The van der Waals surface area contributed by atoms with E-state index in [0.29, 0.717) is 38.5 Å². The van der Waals surface area contributed by atoms with Crippen LogP contribution < -0.4 is 0 Å². The third-order valence-electron chi connectivity index (χ3n) is 15.7. The van der Waals surface area contributed by atoms with Gasteiger partial charge in [-0.3, -0.25) is 37.3 Å². The van der Waals surface area contributed by atoms with Crippen LogP contribution >= 0.6 is 15.6 Å². The minimum absolute atomic E-state index is 0.00285. The zero-order chi connectivity index (χ0) is 78.9. The van der Waals surface area contributed by atoms with Crippen LogP contribution in [0.15, 0.2) is 207 Å². The molecule has 5 atom stereocenters. The van der Waals surface area contributed by atoms with E-state index >= 15 is 0 Å². The maximum atomic E-state index is 13.1. The number of allylic oxidation sites excluding steroid dienone is 34. The average molecular weight is 1540 g/mol. The molecule has 108 heavy (non-hydrogen) atoms. The quantitative estimate of drug-likeness (QED) is 0.0169. The van der Waals surface area contributed by atoms with Gasteiger partial charge in [0.15, 0.2) is 12.2 Å². The molecule has 0 bridgehead atoms. The van der Waals surface area contributed by atoms with E-state index in [2.05, 4.69) is 222 Å². The first kappa shape index (κ1) is 102. The van der Waals surface area contributed by atoms with E-state index in [1.54, 1.807) is 0 Å². The van der Waals surface area contributed by atoms with Gasteiger partial charge in [0.05, 0.1) is 26.4 Å². The van der Waals surface area contributed by atoms with Crippen LogP contribution in [0.4, 0.5) is 0 Å². The second-order valence-electron chi connectivity index (χ2n) is 25.8. The lowest BCUT2D eigenvalue weighted by Gasteiger charge is -2.21. The normalized spacial score (nSPS) is 14.9. The summed E-state index contributed by atoms with van der Waals surface area (Å²) in [6.45, 7) is 4.23. The maximum Gasteiger partial charge on any atom is 0.472 e. The number of phosphoric ester groups is 2. The van der Waals surface area contributed by atoms with Crippen LogP contribution in [0.1, 0.15) is 272 Å². The highest BCUT2D eigenvalue weighted by Gasteiger charge is 2.30. The van der Waals surface area contributed by atoms with Gasteiger partial charge >= 0.3 is 39.5 Å². The summed E-state index contributed by atoms with van der Waals surface area (Å²) in [4.78, 5) is 73.1.